The zero-order valence-corrected chi connectivity index (χ0v) is 13.8. The number of ether oxygens (including phenoxy) is 1. The van der Waals surface area contributed by atoms with E-state index in [1.165, 1.54) is 7.11 Å². The number of nitrogens with one attached hydrogen (secondary N) is 1. The monoisotopic (exact) mass is 375 g/mol. The number of hydrazone groups is 1. The highest BCUT2D eigenvalue weighted by molar-refractivity contribution is 9.10. The van der Waals surface area contributed by atoms with E-state index in [-0.39, 0.29) is 11.6 Å². The molecule has 0 atom stereocenters. The van der Waals surface area contributed by atoms with Gasteiger partial charge in [-0.25, -0.2) is 5.43 Å². The van der Waals surface area contributed by atoms with Crippen molar-refractivity contribution in [3.8, 4) is 5.75 Å². The molecule has 0 saturated carbocycles. The Balaban J connectivity index is 2.27. The molecule has 7 heteroatoms. The van der Waals surface area contributed by atoms with Crippen molar-refractivity contribution in [1.29, 1.82) is 0 Å². The van der Waals surface area contributed by atoms with E-state index < -0.39 is 0 Å². The Bertz CT molecular complexity index is 760. The highest BCUT2D eigenvalue weighted by Gasteiger charge is 2.10. The number of carbonyl (C=O) groups excluding carboxylic acids is 1. The van der Waals surface area contributed by atoms with E-state index in [4.69, 9.17) is 9.94 Å². The van der Waals surface area contributed by atoms with Crippen molar-refractivity contribution in [3.63, 3.8) is 0 Å². The van der Waals surface area contributed by atoms with Crippen LogP contribution >= 0.6 is 15.9 Å². The molecule has 0 aliphatic rings. The molecule has 0 spiro atoms. The lowest BCUT2D eigenvalue weighted by Crippen LogP contribution is -2.21. The summed E-state index contributed by atoms with van der Waals surface area (Å²) in [7, 11) is 1.52. The molecule has 0 unspecified atom stereocenters. The van der Waals surface area contributed by atoms with Crippen molar-refractivity contribution in [3.05, 3.63) is 64.1 Å². The van der Waals surface area contributed by atoms with Crippen molar-refractivity contribution in [2.24, 2.45) is 10.3 Å². The van der Waals surface area contributed by atoms with Crippen molar-refractivity contribution in [2.75, 3.05) is 7.11 Å². The van der Waals surface area contributed by atoms with Gasteiger partial charge in [0.15, 0.2) is 0 Å². The molecule has 2 aromatic rings. The summed E-state index contributed by atoms with van der Waals surface area (Å²) in [5, 5.41) is 15.8. The second-order valence-electron chi connectivity index (χ2n) is 4.39. The maximum absolute atomic E-state index is 12.1. The lowest BCUT2D eigenvalue weighted by molar-refractivity contribution is 0.0955. The summed E-state index contributed by atoms with van der Waals surface area (Å²) in [5.41, 5.74) is 3.72. The van der Waals surface area contributed by atoms with Gasteiger partial charge < -0.3 is 9.94 Å². The average Bonchev–Trinajstić information content (AvgIpc) is 2.58. The summed E-state index contributed by atoms with van der Waals surface area (Å²) in [5.74, 6) is 0.160. The van der Waals surface area contributed by atoms with Gasteiger partial charge in [0.1, 0.15) is 11.5 Å². The first-order chi connectivity index (χ1) is 11.2. The molecule has 23 heavy (non-hydrogen) atoms. The maximum Gasteiger partial charge on any atom is 0.271 e. The van der Waals surface area contributed by atoms with Gasteiger partial charge >= 0.3 is 0 Å². The molecule has 1 amide bonds. The van der Waals surface area contributed by atoms with Crippen LogP contribution in [0.1, 0.15) is 15.9 Å². The molecule has 0 fully saturated rings. The highest BCUT2D eigenvalue weighted by Crippen LogP contribution is 2.17. The van der Waals surface area contributed by atoms with E-state index in [1.54, 1.807) is 42.5 Å². The lowest BCUT2D eigenvalue weighted by Gasteiger charge is -2.08. The minimum atomic E-state index is -0.384. The molecule has 0 heterocycles. The van der Waals surface area contributed by atoms with Crippen molar-refractivity contribution >= 4 is 33.8 Å². The molecular weight excluding hydrogens is 362 g/mol. The number of carbonyl (C=O) groups is 1. The third kappa shape index (κ3) is 4.40. The van der Waals surface area contributed by atoms with E-state index in [0.717, 1.165) is 10.7 Å². The van der Waals surface area contributed by atoms with E-state index in [9.17, 15) is 4.79 Å². The second-order valence-corrected chi connectivity index (χ2v) is 5.31. The fourth-order valence-corrected chi connectivity index (χ4v) is 2.27. The van der Waals surface area contributed by atoms with Crippen LogP contribution in [-0.2, 0) is 0 Å². The van der Waals surface area contributed by atoms with Crippen LogP contribution in [0.2, 0.25) is 0 Å². The van der Waals surface area contributed by atoms with Crippen molar-refractivity contribution in [1.82, 2.24) is 5.43 Å². The summed E-state index contributed by atoms with van der Waals surface area (Å²) in [4.78, 5) is 12.1. The minimum Gasteiger partial charge on any atom is -0.496 e. The van der Waals surface area contributed by atoms with Crippen LogP contribution in [0, 0.1) is 0 Å². The Hall–Kier alpha value is -2.67. The number of amides is 1. The van der Waals surface area contributed by atoms with Crippen LogP contribution in [-0.4, -0.2) is 30.2 Å². The highest BCUT2D eigenvalue weighted by atomic mass is 79.9. The molecule has 0 saturated heterocycles. The first kappa shape index (κ1) is 16.7. The van der Waals surface area contributed by atoms with E-state index in [0.29, 0.717) is 16.9 Å². The molecule has 0 radical (unpaired) electrons. The van der Waals surface area contributed by atoms with Gasteiger partial charge in [0.2, 0.25) is 0 Å². The van der Waals surface area contributed by atoms with Gasteiger partial charge in [-0.05, 0) is 30.3 Å². The Kier molecular flexibility index (Phi) is 5.87. The van der Waals surface area contributed by atoms with Crippen LogP contribution in [0.4, 0.5) is 0 Å². The maximum atomic E-state index is 12.1. The number of hydrogen-bond acceptors (Lipinski definition) is 5. The van der Waals surface area contributed by atoms with Gasteiger partial charge in [-0.1, -0.05) is 39.3 Å². The molecule has 0 bridgehead atoms. The Morgan fingerprint density at radius 2 is 2.04 bits per heavy atom. The summed E-state index contributed by atoms with van der Waals surface area (Å²) >= 11 is 3.30. The molecule has 0 aliphatic carbocycles. The van der Waals surface area contributed by atoms with E-state index in [2.05, 4.69) is 31.6 Å². The first-order valence-electron chi connectivity index (χ1n) is 6.60. The fourth-order valence-electron chi connectivity index (χ4n) is 1.87. The van der Waals surface area contributed by atoms with Crippen LogP contribution in [0.25, 0.3) is 0 Å². The molecule has 2 N–H and O–H groups in total. The van der Waals surface area contributed by atoms with Gasteiger partial charge in [-0.15, -0.1) is 0 Å². The summed E-state index contributed by atoms with van der Waals surface area (Å²) < 4.78 is 6.02. The average molecular weight is 376 g/mol. The molecule has 0 aromatic heterocycles. The Morgan fingerprint density at radius 1 is 1.26 bits per heavy atom. The standard InChI is InChI=1S/C16H14BrN3O3/c1-23-15-8-3-2-7-13(15)14(10-18-22)19-20-16(21)11-5-4-6-12(17)9-11/h2-10,22H,1H3,(H,20,21)/b18-10+,19-14+. The van der Waals surface area contributed by atoms with E-state index in [1.807, 2.05) is 6.07 Å². The van der Waals surface area contributed by atoms with E-state index >= 15 is 0 Å². The van der Waals surface area contributed by atoms with Crippen LogP contribution in [0.15, 0.2) is 63.3 Å². The predicted octanol–water partition coefficient (Wildman–Crippen LogP) is 3.05. The number of rotatable bonds is 5. The van der Waals surface area contributed by atoms with Gasteiger partial charge in [0, 0.05) is 15.6 Å². The SMILES string of the molecule is COc1ccccc1C(/C=N/O)=N/NC(=O)c1cccc(Br)c1. The lowest BCUT2D eigenvalue weighted by atomic mass is 10.1. The molecule has 2 rings (SSSR count). The number of benzene rings is 2. The molecule has 2 aromatic carbocycles. The predicted molar refractivity (Wildman–Crippen MR) is 91.4 cm³/mol. The number of nitrogens with zero attached hydrogens (tertiary/aromatic N) is 2. The quantitative estimate of drug-likeness (QED) is 0.478. The summed E-state index contributed by atoms with van der Waals surface area (Å²) in [6.07, 6.45) is 1.12. The van der Waals surface area contributed by atoms with Gasteiger partial charge in [0.05, 0.1) is 13.3 Å². The number of methoxy groups -OCH3 is 1. The Labute approximate surface area is 141 Å². The number of para-hydroxylation sites is 1. The van der Waals surface area contributed by atoms with Crippen LogP contribution in [0.5, 0.6) is 5.75 Å². The normalized spacial score (nSPS) is 11.5. The minimum absolute atomic E-state index is 0.258. The topological polar surface area (TPSA) is 83.3 Å². The fraction of sp³-hybridized carbons (Fsp3) is 0.0625. The third-order valence-corrected chi connectivity index (χ3v) is 3.42. The van der Waals surface area contributed by atoms with Gasteiger partial charge in [-0.3, -0.25) is 4.79 Å². The van der Waals surface area contributed by atoms with Crippen LogP contribution < -0.4 is 10.2 Å². The van der Waals surface area contributed by atoms with Gasteiger partial charge in [-0.2, -0.15) is 5.10 Å². The summed E-state index contributed by atoms with van der Waals surface area (Å²) in [6, 6.07) is 14.0. The zero-order valence-electron chi connectivity index (χ0n) is 12.2. The number of hydrogen-bond donors (Lipinski definition) is 2. The molecule has 118 valence electrons. The third-order valence-electron chi connectivity index (χ3n) is 2.93. The molecular formula is C16H14BrN3O3. The summed E-state index contributed by atoms with van der Waals surface area (Å²) in [6.45, 7) is 0. The molecule has 0 aliphatic heterocycles. The second kappa shape index (κ2) is 8.09. The smallest absolute Gasteiger partial charge is 0.271 e. The van der Waals surface area contributed by atoms with Crippen molar-refractivity contribution in [2.45, 2.75) is 0 Å². The van der Waals surface area contributed by atoms with Crippen molar-refractivity contribution < 1.29 is 14.7 Å². The number of halogens is 1. The van der Waals surface area contributed by atoms with Gasteiger partial charge in [0.25, 0.3) is 5.91 Å². The van der Waals surface area contributed by atoms with Crippen LogP contribution in [0.3, 0.4) is 0 Å². The Morgan fingerprint density at radius 3 is 2.74 bits per heavy atom. The first-order valence-corrected chi connectivity index (χ1v) is 7.39. The number of oxime groups is 1. The zero-order chi connectivity index (χ0) is 16.7. The molecule has 6 nitrogen and oxygen atoms in total. The largest absolute Gasteiger partial charge is 0.496 e.